The predicted octanol–water partition coefficient (Wildman–Crippen LogP) is 4.32. The van der Waals surface area contributed by atoms with Gasteiger partial charge in [-0.25, -0.2) is 0 Å². The Bertz CT molecular complexity index is 432. The lowest BCUT2D eigenvalue weighted by atomic mass is 10.0. The monoisotopic (exact) mass is 283 g/mol. The number of hydrogen-bond acceptors (Lipinski definition) is 1. The molecular weight excluding hydrogens is 265 g/mol. The molecule has 1 rings (SSSR count). The molecule has 0 saturated heterocycles. The maximum absolute atomic E-state index is 6.19. The molecule has 1 unspecified atom stereocenters. The second-order valence-corrected chi connectivity index (χ2v) is 5.07. The Hall–Kier alpha value is -0.680. The van der Waals surface area contributed by atoms with Crippen molar-refractivity contribution in [3.8, 4) is 11.8 Å². The van der Waals surface area contributed by atoms with Crippen LogP contribution in [0.2, 0.25) is 10.0 Å². The molecule has 0 bridgehead atoms. The zero-order valence-electron chi connectivity index (χ0n) is 10.9. The fraction of sp³-hybridized carbons (Fsp3) is 0.467. The van der Waals surface area contributed by atoms with Crippen molar-refractivity contribution in [2.75, 3.05) is 6.54 Å². The minimum atomic E-state index is 0.344. The molecule has 0 aliphatic rings. The molecule has 98 valence electrons. The molecular formula is C15H19Cl2N. The van der Waals surface area contributed by atoms with E-state index in [1.165, 1.54) is 0 Å². The first-order valence-corrected chi connectivity index (χ1v) is 6.99. The molecule has 0 aliphatic heterocycles. The summed E-state index contributed by atoms with van der Waals surface area (Å²) in [6.07, 6.45) is 2.84. The standard InChI is InChI=1S/C15H19Cl2N/c1-3-5-6-14(18-9-4-2)10-12-7-8-13(16)11-15(12)17/h7-8,11,14,18H,4,6,9-10H2,1-2H3. The lowest BCUT2D eigenvalue weighted by Gasteiger charge is -2.17. The lowest BCUT2D eigenvalue weighted by Crippen LogP contribution is -2.31. The average Bonchev–Trinajstić information content (AvgIpc) is 2.35. The van der Waals surface area contributed by atoms with Crippen molar-refractivity contribution < 1.29 is 0 Å². The number of nitrogens with one attached hydrogen (secondary N) is 1. The predicted molar refractivity (Wildman–Crippen MR) is 80.3 cm³/mol. The molecule has 0 fully saturated rings. The van der Waals surface area contributed by atoms with Crippen LogP contribution in [-0.2, 0) is 6.42 Å². The Morgan fingerprint density at radius 3 is 2.72 bits per heavy atom. The SMILES string of the molecule is CC#CCC(Cc1ccc(Cl)cc1Cl)NCCC. The topological polar surface area (TPSA) is 12.0 Å². The summed E-state index contributed by atoms with van der Waals surface area (Å²) in [5.41, 5.74) is 1.12. The summed E-state index contributed by atoms with van der Waals surface area (Å²) in [5.74, 6) is 6.07. The highest BCUT2D eigenvalue weighted by Crippen LogP contribution is 2.22. The second-order valence-electron chi connectivity index (χ2n) is 4.22. The highest BCUT2D eigenvalue weighted by atomic mass is 35.5. The van der Waals surface area contributed by atoms with Crippen LogP contribution >= 0.6 is 23.2 Å². The van der Waals surface area contributed by atoms with E-state index in [2.05, 4.69) is 24.1 Å². The number of benzene rings is 1. The zero-order chi connectivity index (χ0) is 13.4. The number of halogens is 2. The Balaban J connectivity index is 2.70. The number of hydrogen-bond donors (Lipinski definition) is 1. The number of rotatable bonds is 6. The molecule has 1 N–H and O–H groups in total. The minimum Gasteiger partial charge on any atom is -0.313 e. The summed E-state index contributed by atoms with van der Waals surface area (Å²) in [6.45, 7) is 5.03. The van der Waals surface area contributed by atoms with Crippen LogP contribution in [0, 0.1) is 11.8 Å². The van der Waals surface area contributed by atoms with Crippen molar-refractivity contribution in [1.29, 1.82) is 0 Å². The smallest absolute Gasteiger partial charge is 0.0453 e. The van der Waals surface area contributed by atoms with Gasteiger partial charge >= 0.3 is 0 Å². The molecule has 1 aromatic carbocycles. The van der Waals surface area contributed by atoms with Gasteiger partial charge in [0.2, 0.25) is 0 Å². The van der Waals surface area contributed by atoms with Gasteiger partial charge in [0.15, 0.2) is 0 Å². The fourth-order valence-electron chi connectivity index (χ4n) is 1.74. The molecule has 0 aromatic heterocycles. The van der Waals surface area contributed by atoms with Crippen LogP contribution < -0.4 is 5.32 Å². The van der Waals surface area contributed by atoms with Crippen molar-refractivity contribution in [2.45, 2.75) is 39.2 Å². The van der Waals surface area contributed by atoms with Crippen LogP contribution in [0.25, 0.3) is 0 Å². The maximum atomic E-state index is 6.19. The molecule has 0 radical (unpaired) electrons. The Morgan fingerprint density at radius 1 is 1.33 bits per heavy atom. The molecule has 0 amide bonds. The van der Waals surface area contributed by atoms with Gasteiger partial charge in [-0.05, 0) is 44.0 Å². The summed E-state index contributed by atoms with van der Waals surface area (Å²) in [5, 5.41) is 4.91. The Labute approximate surface area is 120 Å². The van der Waals surface area contributed by atoms with E-state index >= 15 is 0 Å². The third-order valence-corrected chi connectivity index (χ3v) is 3.28. The quantitative estimate of drug-likeness (QED) is 0.767. The normalized spacial score (nSPS) is 11.8. The summed E-state index contributed by atoms with van der Waals surface area (Å²) in [6, 6.07) is 6.01. The third kappa shape index (κ3) is 5.31. The Kier molecular flexibility index (Phi) is 7.20. The van der Waals surface area contributed by atoms with E-state index < -0.39 is 0 Å². The first kappa shape index (κ1) is 15.4. The van der Waals surface area contributed by atoms with Crippen molar-refractivity contribution >= 4 is 23.2 Å². The van der Waals surface area contributed by atoms with Gasteiger partial charge in [-0.1, -0.05) is 36.2 Å². The molecule has 1 aromatic rings. The second kappa shape index (κ2) is 8.43. The average molecular weight is 284 g/mol. The zero-order valence-corrected chi connectivity index (χ0v) is 12.4. The van der Waals surface area contributed by atoms with Gasteiger partial charge in [0.1, 0.15) is 0 Å². The molecule has 0 aliphatic carbocycles. The van der Waals surface area contributed by atoms with Crippen LogP contribution in [0.4, 0.5) is 0 Å². The van der Waals surface area contributed by atoms with Gasteiger partial charge in [-0.3, -0.25) is 0 Å². The van der Waals surface area contributed by atoms with Gasteiger partial charge in [0, 0.05) is 22.5 Å². The summed E-state index contributed by atoms with van der Waals surface area (Å²) < 4.78 is 0. The van der Waals surface area contributed by atoms with Crippen LogP contribution in [0.5, 0.6) is 0 Å². The van der Waals surface area contributed by atoms with E-state index in [-0.39, 0.29) is 0 Å². The first-order valence-electron chi connectivity index (χ1n) is 6.24. The maximum Gasteiger partial charge on any atom is 0.0453 e. The van der Waals surface area contributed by atoms with Crippen LogP contribution in [-0.4, -0.2) is 12.6 Å². The summed E-state index contributed by atoms with van der Waals surface area (Å²) in [7, 11) is 0. The van der Waals surface area contributed by atoms with Crippen molar-refractivity contribution in [3.05, 3.63) is 33.8 Å². The molecule has 1 atom stereocenters. The lowest BCUT2D eigenvalue weighted by molar-refractivity contribution is 0.517. The van der Waals surface area contributed by atoms with Gasteiger partial charge in [0.05, 0.1) is 0 Å². The van der Waals surface area contributed by atoms with Crippen molar-refractivity contribution in [3.63, 3.8) is 0 Å². The van der Waals surface area contributed by atoms with Gasteiger partial charge in [-0.15, -0.1) is 11.8 Å². The van der Waals surface area contributed by atoms with Crippen LogP contribution in [0.1, 0.15) is 32.3 Å². The molecule has 0 saturated carbocycles. The third-order valence-electron chi connectivity index (χ3n) is 2.69. The van der Waals surface area contributed by atoms with Gasteiger partial charge < -0.3 is 5.32 Å². The van der Waals surface area contributed by atoms with E-state index in [9.17, 15) is 0 Å². The Morgan fingerprint density at radius 2 is 2.11 bits per heavy atom. The molecule has 18 heavy (non-hydrogen) atoms. The van der Waals surface area contributed by atoms with E-state index in [4.69, 9.17) is 23.2 Å². The largest absolute Gasteiger partial charge is 0.313 e. The van der Waals surface area contributed by atoms with Crippen LogP contribution in [0.15, 0.2) is 18.2 Å². The first-order chi connectivity index (χ1) is 8.67. The van der Waals surface area contributed by atoms with Crippen LogP contribution in [0.3, 0.4) is 0 Å². The van der Waals surface area contributed by atoms with E-state index in [0.29, 0.717) is 11.1 Å². The molecule has 0 heterocycles. The summed E-state index contributed by atoms with van der Waals surface area (Å²) >= 11 is 12.1. The molecule has 0 spiro atoms. The fourth-order valence-corrected chi connectivity index (χ4v) is 2.23. The van der Waals surface area contributed by atoms with Gasteiger partial charge in [0.25, 0.3) is 0 Å². The summed E-state index contributed by atoms with van der Waals surface area (Å²) in [4.78, 5) is 0. The van der Waals surface area contributed by atoms with E-state index in [0.717, 1.165) is 36.4 Å². The van der Waals surface area contributed by atoms with Gasteiger partial charge in [-0.2, -0.15) is 0 Å². The molecule has 3 heteroatoms. The highest BCUT2D eigenvalue weighted by molar-refractivity contribution is 6.35. The van der Waals surface area contributed by atoms with Crippen molar-refractivity contribution in [1.82, 2.24) is 5.32 Å². The minimum absolute atomic E-state index is 0.344. The van der Waals surface area contributed by atoms with Crippen molar-refractivity contribution in [2.24, 2.45) is 0 Å². The highest BCUT2D eigenvalue weighted by Gasteiger charge is 2.10. The van der Waals surface area contributed by atoms with E-state index in [1.807, 2.05) is 19.1 Å². The molecule has 1 nitrogen and oxygen atoms in total. The van der Waals surface area contributed by atoms with E-state index in [1.54, 1.807) is 6.07 Å².